The first-order valence-corrected chi connectivity index (χ1v) is 7.72. The highest BCUT2D eigenvalue weighted by molar-refractivity contribution is 5.67. The van der Waals surface area contributed by atoms with Crippen LogP contribution < -0.4 is 0 Å². The van der Waals surface area contributed by atoms with E-state index in [1.165, 1.54) is 0 Å². The molecule has 0 radical (unpaired) electrons. The van der Waals surface area contributed by atoms with Crippen molar-refractivity contribution < 1.29 is 14.6 Å². The smallest absolute Gasteiger partial charge is 0.304 e. The Morgan fingerprint density at radius 1 is 1.45 bits per heavy atom. The molecule has 0 aromatic heterocycles. The zero-order valence-electron chi connectivity index (χ0n) is 13.3. The maximum absolute atomic E-state index is 10.8. The molecule has 1 fully saturated rings. The average molecular weight is 286 g/mol. The van der Waals surface area contributed by atoms with Crippen LogP contribution >= 0.6 is 0 Å². The molecule has 1 saturated heterocycles. The van der Waals surface area contributed by atoms with E-state index < -0.39 is 5.97 Å². The van der Waals surface area contributed by atoms with Crippen molar-refractivity contribution in [1.82, 2.24) is 9.80 Å². The number of ether oxygens (including phenoxy) is 1. The third kappa shape index (κ3) is 6.20. The van der Waals surface area contributed by atoms with Gasteiger partial charge in [0.15, 0.2) is 0 Å². The summed E-state index contributed by atoms with van der Waals surface area (Å²) in [6.45, 7) is 14.0. The second-order valence-corrected chi connectivity index (χ2v) is 6.18. The van der Waals surface area contributed by atoms with Crippen LogP contribution in [0.2, 0.25) is 0 Å². The van der Waals surface area contributed by atoms with Gasteiger partial charge in [0.25, 0.3) is 0 Å². The number of hydrogen-bond donors (Lipinski definition) is 1. The van der Waals surface area contributed by atoms with Crippen molar-refractivity contribution in [3.05, 3.63) is 0 Å². The Bertz CT molecular complexity index is 297. The fourth-order valence-corrected chi connectivity index (χ4v) is 2.84. The first-order valence-electron chi connectivity index (χ1n) is 7.72. The summed E-state index contributed by atoms with van der Waals surface area (Å²) < 4.78 is 5.85. The van der Waals surface area contributed by atoms with E-state index in [4.69, 9.17) is 9.84 Å². The standard InChI is InChI=1S/C15H30N2O3/c1-5-17(13(4)8-15(18)19)11-14-10-16(6-7-20-14)9-12(2)3/h12-14H,5-11H2,1-4H3,(H,18,19). The zero-order valence-corrected chi connectivity index (χ0v) is 13.3. The molecule has 1 aliphatic rings. The lowest BCUT2D eigenvalue weighted by Gasteiger charge is -2.37. The van der Waals surface area contributed by atoms with E-state index in [2.05, 4.69) is 30.6 Å². The molecule has 0 amide bonds. The van der Waals surface area contributed by atoms with E-state index in [0.717, 1.165) is 39.3 Å². The minimum atomic E-state index is -0.734. The minimum Gasteiger partial charge on any atom is -0.481 e. The maximum atomic E-state index is 10.8. The molecule has 0 spiro atoms. The van der Waals surface area contributed by atoms with Crippen LogP contribution in [-0.4, -0.2) is 72.4 Å². The van der Waals surface area contributed by atoms with Gasteiger partial charge in [-0.25, -0.2) is 0 Å². The molecule has 0 aromatic rings. The first kappa shape index (κ1) is 17.4. The summed E-state index contributed by atoms with van der Waals surface area (Å²) >= 11 is 0. The Morgan fingerprint density at radius 3 is 2.70 bits per heavy atom. The third-order valence-corrected chi connectivity index (χ3v) is 3.78. The lowest BCUT2D eigenvalue weighted by Crippen LogP contribution is -2.50. The average Bonchev–Trinajstić information content (AvgIpc) is 2.34. The van der Waals surface area contributed by atoms with Gasteiger partial charge in [-0.15, -0.1) is 0 Å². The normalized spacial score (nSPS) is 22.4. The molecule has 0 bridgehead atoms. The Kier molecular flexibility index (Phi) is 7.48. The number of carboxylic acids is 1. The van der Waals surface area contributed by atoms with E-state index >= 15 is 0 Å². The van der Waals surface area contributed by atoms with Gasteiger partial charge in [-0.05, 0) is 19.4 Å². The topological polar surface area (TPSA) is 53.0 Å². The van der Waals surface area contributed by atoms with Crippen molar-refractivity contribution in [3.8, 4) is 0 Å². The number of hydrogen-bond acceptors (Lipinski definition) is 4. The number of rotatable bonds is 8. The second-order valence-electron chi connectivity index (χ2n) is 6.18. The zero-order chi connectivity index (χ0) is 15.1. The summed E-state index contributed by atoms with van der Waals surface area (Å²) in [5, 5.41) is 8.91. The van der Waals surface area contributed by atoms with E-state index in [1.807, 2.05) is 6.92 Å². The van der Waals surface area contributed by atoms with Gasteiger partial charge in [-0.1, -0.05) is 20.8 Å². The fourth-order valence-electron chi connectivity index (χ4n) is 2.84. The van der Waals surface area contributed by atoms with E-state index in [1.54, 1.807) is 0 Å². The summed E-state index contributed by atoms with van der Waals surface area (Å²) in [5.41, 5.74) is 0. The Balaban J connectivity index is 2.45. The fraction of sp³-hybridized carbons (Fsp3) is 0.933. The number of nitrogens with zero attached hydrogens (tertiary/aromatic N) is 2. The van der Waals surface area contributed by atoms with Crippen molar-refractivity contribution in [3.63, 3.8) is 0 Å². The van der Waals surface area contributed by atoms with Crippen LogP contribution in [0.3, 0.4) is 0 Å². The number of likely N-dealkylation sites (N-methyl/N-ethyl adjacent to an activating group) is 1. The summed E-state index contributed by atoms with van der Waals surface area (Å²) in [6, 6.07) is 0.0570. The Labute approximate surface area is 122 Å². The SMILES string of the molecule is CCN(CC1CN(CC(C)C)CCO1)C(C)CC(=O)O. The molecule has 0 saturated carbocycles. The van der Waals surface area contributed by atoms with Crippen molar-refractivity contribution >= 4 is 5.97 Å². The Hall–Kier alpha value is -0.650. The van der Waals surface area contributed by atoms with Crippen molar-refractivity contribution in [2.75, 3.05) is 39.3 Å². The van der Waals surface area contributed by atoms with Gasteiger partial charge in [0.05, 0.1) is 19.1 Å². The van der Waals surface area contributed by atoms with Crippen LogP contribution in [-0.2, 0) is 9.53 Å². The van der Waals surface area contributed by atoms with Gasteiger partial charge in [0, 0.05) is 32.2 Å². The molecule has 0 aliphatic carbocycles. The molecule has 0 aromatic carbocycles. The lowest BCUT2D eigenvalue weighted by molar-refractivity contribution is -0.138. The quantitative estimate of drug-likeness (QED) is 0.733. The van der Waals surface area contributed by atoms with Crippen molar-refractivity contribution in [1.29, 1.82) is 0 Å². The van der Waals surface area contributed by atoms with Gasteiger partial charge in [-0.2, -0.15) is 0 Å². The highest BCUT2D eigenvalue weighted by Gasteiger charge is 2.25. The molecule has 1 rings (SSSR count). The number of morpholine rings is 1. The van der Waals surface area contributed by atoms with Gasteiger partial charge < -0.3 is 9.84 Å². The van der Waals surface area contributed by atoms with Crippen LogP contribution in [0.4, 0.5) is 0 Å². The third-order valence-electron chi connectivity index (χ3n) is 3.78. The number of carbonyl (C=O) groups is 1. The monoisotopic (exact) mass is 286 g/mol. The van der Waals surface area contributed by atoms with Crippen LogP contribution in [0.15, 0.2) is 0 Å². The summed E-state index contributed by atoms with van der Waals surface area (Å²) in [5.74, 6) is -0.0658. The Morgan fingerprint density at radius 2 is 2.15 bits per heavy atom. The van der Waals surface area contributed by atoms with Crippen LogP contribution in [0.1, 0.15) is 34.1 Å². The summed E-state index contributed by atoms with van der Waals surface area (Å²) in [7, 11) is 0. The van der Waals surface area contributed by atoms with Gasteiger partial charge >= 0.3 is 5.97 Å². The van der Waals surface area contributed by atoms with Crippen LogP contribution in [0, 0.1) is 5.92 Å². The molecule has 1 heterocycles. The largest absolute Gasteiger partial charge is 0.481 e. The molecule has 1 aliphatic heterocycles. The molecule has 1 N–H and O–H groups in total. The molecule has 118 valence electrons. The molecule has 2 atom stereocenters. The van der Waals surface area contributed by atoms with E-state index in [0.29, 0.717) is 5.92 Å². The second kappa shape index (κ2) is 8.60. The molecule has 5 nitrogen and oxygen atoms in total. The molecule has 5 heteroatoms. The van der Waals surface area contributed by atoms with Crippen molar-refractivity contribution in [2.24, 2.45) is 5.92 Å². The van der Waals surface area contributed by atoms with Gasteiger partial charge in [-0.3, -0.25) is 14.6 Å². The predicted molar refractivity (Wildman–Crippen MR) is 80.0 cm³/mol. The van der Waals surface area contributed by atoms with Crippen molar-refractivity contribution in [2.45, 2.75) is 46.3 Å². The lowest BCUT2D eigenvalue weighted by atomic mass is 10.1. The summed E-state index contributed by atoms with van der Waals surface area (Å²) in [4.78, 5) is 15.5. The first-order chi connectivity index (χ1) is 9.42. The molecular weight excluding hydrogens is 256 g/mol. The van der Waals surface area contributed by atoms with Gasteiger partial charge in [0.2, 0.25) is 0 Å². The van der Waals surface area contributed by atoms with E-state index in [-0.39, 0.29) is 18.6 Å². The number of aliphatic carboxylic acids is 1. The molecular formula is C15H30N2O3. The summed E-state index contributed by atoms with van der Waals surface area (Å²) in [6.07, 6.45) is 0.384. The molecule has 20 heavy (non-hydrogen) atoms. The number of carboxylic acid groups (broad SMARTS) is 1. The molecule has 2 unspecified atom stereocenters. The van der Waals surface area contributed by atoms with Crippen LogP contribution in [0.5, 0.6) is 0 Å². The minimum absolute atomic E-state index is 0.0570. The highest BCUT2D eigenvalue weighted by Crippen LogP contribution is 2.12. The van der Waals surface area contributed by atoms with E-state index in [9.17, 15) is 4.79 Å². The predicted octanol–water partition coefficient (Wildman–Crippen LogP) is 1.53. The van der Waals surface area contributed by atoms with Crippen LogP contribution in [0.25, 0.3) is 0 Å². The highest BCUT2D eigenvalue weighted by atomic mass is 16.5. The van der Waals surface area contributed by atoms with Gasteiger partial charge in [0.1, 0.15) is 0 Å². The maximum Gasteiger partial charge on any atom is 0.304 e.